The van der Waals surface area contributed by atoms with Gasteiger partial charge >= 0.3 is 0 Å². The average Bonchev–Trinajstić information content (AvgIpc) is 2.64. The van der Waals surface area contributed by atoms with Gasteiger partial charge in [0.2, 0.25) is 0 Å². The topological polar surface area (TPSA) is 26.0 Å². The summed E-state index contributed by atoms with van der Waals surface area (Å²) in [7, 11) is 0. The quantitative estimate of drug-likeness (QED) is 0.828. The highest BCUT2D eigenvalue weighted by Crippen LogP contribution is 2.58. The van der Waals surface area contributed by atoms with Gasteiger partial charge in [-0.2, -0.15) is 0 Å². The number of benzene rings is 1. The van der Waals surface area contributed by atoms with Crippen molar-refractivity contribution in [2.75, 3.05) is 0 Å². The van der Waals surface area contributed by atoms with Gasteiger partial charge in [-0.1, -0.05) is 41.9 Å². The van der Waals surface area contributed by atoms with E-state index in [1.807, 2.05) is 0 Å². The van der Waals surface area contributed by atoms with E-state index < -0.39 is 0 Å². The minimum absolute atomic E-state index is 0.263. The lowest BCUT2D eigenvalue weighted by Gasteiger charge is -2.11. The van der Waals surface area contributed by atoms with Crippen molar-refractivity contribution >= 4 is 15.9 Å². The van der Waals surface area contributed by atoms with Gasteiger partial charge in [0.25, 0.3) is 0 Å². The number of hydrogen-bond donors (Lipinski definition) is 1. The maximum Gasteiger partial charge on any atom is 0.0236 e. The fraction of sp³-hybridized carbons (Fsp3) is 0.538. The van der Waals surface area contributed by atoms with Crippen LogP contribution in [0.5, 0.6) is 0 Å². The van der Waals surface area contributed by atoms with E-state index in [0.29, 0.717) is 12.0 Å². The molecule has 2 N–H and O–H groups in total. The third-order valence-corrected chi connectivity index (χ3v) is 5.09. The third kappa shape index (κ3) is 1.55. The van der Waals surface area contributed by atoms with Gasteiger partial charge < -0.3 is 5.73 Å². The molecule has 2 unspecified atom stereocenters. The van der Waals surface area contributed by atoms with E-state index in [0.717, 1.165) is 0 Å². The van der Waals surface area contributed by atoms with Crippen molar-refractivity contribution in [1.82, 2.24) is 0 Å². The van der Waals surface area contributed by atoms with Crippen LogP contribution in [0.2, 0.25) is 0 Å². The Bertz CT molecular complexity index is 409. The molecule has 0 spiro atoms. The molecule has 1 aromatic rings. The summed E-state index contributed by atoms with van der Waals surface area (Å²) in [4.78, 5) is 0. The lowest BCUT2D eigenvalue weighted by Crippen LogP contribution is -2.06. The van der Waals surface area contributed by atoms with Crippen molar-refractivity contribution in [2.45, 2.75) is 39.7 Å². The average molecular weight is 268 g/mol. The molecule has 0 amide bonds. The first-order valence-corrected chi connectivity index (χ1v) is 6.18. The second-order valence-electron chi connectivity index (χ2n) is 5.24. The minimum Gasteiger partial charge on any atom is -0.327 e. The monoisotopic (exact) mass is 267 g/mol. The first kappa shape index (κ1) is 11.2. The summed E-state index contributed by atoms with van der Waals surface area (Å²) < 4.78 is 1.23. The van der Waals surface area contributed by atoms with Gasteiger partial charge in [-0.25, -0.2) is 0 Å². The molecule has 1 nitrogen and oxygen atoms in total. The number of halogens is 1. The molecular formula is C13H18BrN. The predicted molar refractivity (Wildman–Crippen MR) is 68.1 cm³/mol. The molecule has 1 aromatic carbocycles. The van der Waals surface area contributed by atoms with Crippen molar-refractivity contribution in [2.24, 2.45) is 11.1 Å². The standard InChI is InChI=1S/C13H18BrN/c1-7-5-6-9(8(2)11(7)14)10-12(15)13(10,3)4/h5-6,10,12H,15H2,1-4H3. The van der Waals surface area contributed by atoms with Gasteiger partial charge in [0, 0.05) is 16.4 Å². The summed E-state index contributed by atoms with van der Waals surface area (Å²) in [6.07, 6.45) is 0. The zero-order valence-corrected chi connectivity index (χ0v) is 11.4. The zero-order valence-electron chi connectivity index (χ0n) is 9.76. The first-order chi connectivity index (χ1) is 6.87. The van der Waals surface area contributed by atoms with Crippen LogP contribution >= 0.6 is 15.9 Å². The van der Waals surface area contributed by atoms with Crippen molar-refractivity contribution in [3.05, 3.63) is 33.3 Å². The molecule has 2 rings (SSSR count). The highest BCUT2D eigenvalue weighted by Gasteiger charge is 2.56. The first-order valence-electron chi connectivity index (χ1n) is 5.38. The molecule has 0 radical (unpaired) electrons. The number of rotatable bonds is 1. The Morgan fingerprint density at radius 3 is 2.27 bits per heavy atom. The summed E-state index contributed by atoms with van der Waals surface area (Å²) in [6.45, 7) is 8.79. The lowest BCUT2D eigenvalue weighted by molar-refractivity contribution is 0.598. The SMILES string of the molecule is Cc1ccc(C2C(N)C2(C)C)c(C)c1Br. The molecule has 1 fully saturated rings. The van der Waals surface area contributed by atoms with Crippen molar-refractivity contribution in [3.63, 3.8) is 0 Å². The molecule has 0 heterocycles. The molecule has 0 aromatic heterocycles. The minimum atomic E-state index is 0.263. The van der Waals surface area contributed by atoms with Crippen LogP contribution in [-0.2, 0) is 0 Å². The molecule has 0 aliphatic heterocycles. The van der Waals surface area contributed by atoms with Gasteiger partial charge in [0.15, 0.2) is 0 Å². The van der Waals surface area contributed by atoms with Gasteiger partial charge in [-0.05, 0) is 36.0 Å². The van der Waals surface area contributed by atoms with Gasteiger partial charge in [0.1, 0.15) is 0 Å². The molecule has 1 aliphatic rings. The van der Waals surface area contributed by atoms with E-state index in [1.165, 1.54) is 21.2 Å². The summed E-state index contributed by atoms with van der Waals surface area (Å²) in [5.41, 5.74) is 10.4. The Kier molecular flexibility index (Phi) is 2.47. The van der Waals surface area contributed by atoms with Gasteiger partial charge in [-0.15, -0.1) is 0 Å². The normalized spacial score (nSPS) is 27.9. The Morgan fingerprint density at radius 1 is 1.27 bits per heavy atom. The van der Waals surface area contributed by atoms with Crippen LogP contribution in [0.25, 0.3) is 0 Å². The molecule has 2 heteroatoms. The van der Waals surface area contributed by atoms with E-state index in [1.54, 1.807) is 0 Å². The highest BCUT2D eigenvalue weighted by molar-refractivity contribution is 9.10. The van der Waals surface area contributed by atoms with Crippen LogP contribution in [0.3, 0.4) is 0 Å². The van der Waals surface area contributed by atoms with Crippen LogP contribution in [0.1, 0.15) is 36.5 Å². The molecule has 0 saturated heterocycles. The van der Waals surface area contributed by atoms with Crippen molar-refractivity contribution in [3.8, 4) is 0 Å². The Balaban J connectivity index is 2.44. The third-order valence-electron chi connectivity index (χ3n) is 3.87. The molecule has 2 atom stereocenters. The van der Waals surface area contributed by atoms with Crippen LogP contribution in [-0.4, -0.2) is 6.04 Å². The number of nitrogens with two attached hydrogens (primary N) is 1. The van der Waals surface area contributed by atoms with Crippen molar-refractivity contribution in [1.29, 1.82) is 0 Å². The maximum atomic E-state index is 6.12. The van der Waals surface area contributed by atoms with Crippen LogP contribution < -0.4 is 5.73 Å². The fourth-order valence-corrected chi connectivity index (χ4v) is 2.81. The highest BCUT2D eigenvalue weighted by atomic mass is 79.9. The van der Waals surface area contributed by atoms with Crippen LogP contribution in [0.15, 0.2) is 16.6 Å². The van der Waals surface area contributed by atoms with Crippen molar-refractivity contribution < 1.29 is 0 Å². The van der Waals surface area contributed by atoms with E-state index in [-0.39, 0.29) is 5.41 Å². The summed E-state index contributed by atoms with van der Waals surface area (Å²) in [6, 6.07) is 4.72. The van der Waals surface area contributed by atoms with E-state index in [2.05, 4.69) is 55.8 Å². The lowest BCUT2D eigenvalue weighted by atomic mass is 9.97. The second kappa shape index (κ2) is 3.33. The molecule has 15 heavy (non-hydrogen) atoms. The molecule has 0 bridgehead atoms. The Labute approximate surface area is 100 Å². The Hall–Kier alpha value is -0.340. The van der Waals surface area contributed by atoms with Gasteiger partial charge in [0.05, 0.1) is 0 Å². The number of aryl methyl sites for hydroxylation is 1. The van der Waals surface area contributed by atoms with Gasteiger partial charge in [-0.3, -0.25) is 0 Å². The summed E-state index contributed by atoms with van der Waals surface area (Å²) in [5, 5.41) is 0. The zero-order chi connectivity index (χ0) is 11.4. The largest absolute Gasteiger partial charge is 0.327 e. The van der Waals surface area contributed by atoms with E-state index in [9.17, 15) is 0 Å². The van der Waals surface area contributed by atoms with E-state index >= 15 is 0 Å². The fourth-order valence-electron chi connectivity index (χ4n) is 2.44. The molecule has 82 valence electrons. The van der Waals surface area contributed by atoms with Crippen LogP contribution in [0, 0.1) is 19.3 Å². The number of hydrogen-bond acceptors (Lipinski definition) is 1. The predicted octanol–water partition coefficient (Wildman–Crippen LogP) is 3.52. The Morgan fingerprint density at radius 2 is 1.80 bits per heavy atom. The summed E-state index contributed by atoms with van der Waals surface area (Å²) >= 11 is 3.64. The smallest absolute Gasteiger partial charge is 0.0236 e. The van der Waals surface area contributed by atoms with E-state index in [4.69, 9.17) is 5.73 Å². The second-order valence-corrected chi connectivity index (χ2v) is 6.03. The summed E-state index contributed by atoms with van der Waals surface area (Å²) in [5.74, 6) is 0.523. The van der Waals surface area contributed by atoms with Crippen LogP contribution in [0.4, 0.5) is 0 Å². The maximum absolute atomic E-state index is 6.12. The molecular weight excluding hydrogens is 250 g/mol. The molecule has 1 saturated carbocycles. The molecule has 1 aliphatic carbocycles.